The molecule has 0 fully saturated rings. The van der Waals surface area contributed by atoms with Gasteiger partial charge in [-0.1, -0.05) is 0 Å². The van der Waals surface area contributed by atoms with Crippen molar-refractivity contribution in [2.75, 3.05) is 0 Å². The van der Waals surface area contributed by atoms with Gasteiger partial charge in [0.2, 0.25) is 0 Å². The Labute approximate surface area is 144 Å². The molecule has 0 aromatic heterocycles. The molecule has 51 valence electrons. The Balaban J connectivity index is -0.000000000179. The normalized spacial score (nSPS) is 0.500. The second-order valence-corrected chi connectivity index (χ2v) is 0. The van der Waals surface area contributed by atoms with E-state index in [1.54, 1.807) is 0 Å². The molecule has 0 aliphatic heterocycles. The topological polar surface area (TPSA) is 45.6 Å². The molecule has 2 radical (unpaired) electrons. The maximum atomic E-state index is 7.94. The van der Waals surface area contributed by atoms with Gasteiger partial charge < -0.3 is 5.48 Å². The summed E-state index contributed by atoms with van der Waals surface area (Å²) >= 11 is 2.31. The Bertz CT molecular complexity index is 25.2. The summed E-state index contributed by atoms with van der Waals surface area (Å²) in [5.74, 6) is 0. The van der Waals surface area contributed by atoms with Gasteiger partial charge in [0.05, 0.1) is 0 Å². The summed E-state index contributed by atoms with van der Waals surface area (Å²) in [6, 6.07) is 0. The monoisotopic (exact) mass is 362 g/mol. The van der Waals surface area contributed by atoms with Gasteiger partial charge in [-0.15, -0.1) is 0 Å². The van der Waals surface area contributed by atoms with Crippen LogP contribution >= 0.6 is 0 Å². The predicted octanol–water partition coefficient (Wildman–Crippen LogP) is -6.62. The summed E-state index contributed by atoms with van der Waals surface area (Å²) in [6.07, 6.45) is 0. The molecule has 0 aliphatic carbocycles. The van der Waals surface area contributed by atoms with E-state index in [1.807, 2.05) is 0 Å². The van der Waals surface area contributed by atoms with E-state index < -0.39 is 0 Å². The van der Waals surface area contributed by atoms with Gasteiger partial charge in [0.1, 0.15) is 0 Å². The Kier molecular flexibility index (Phi) is 1100. The molecule has 0 N–H and O–H groups in total. The third-order valence-corrected chi connectivity index (χ3v) is 0. The van der Waals surface area contributed by atoms with Crippen molar-refractivity contribution in [3.63, 3.8) is 0 Å². The van der Waals surface area contributed by atoms with Crippen molar-refractivity contribution in [3.8, 4) is 0 Å². The zero-order valence-electron chi connectivity index (χ0n) is 5.07. The van der Waals surface area contributed by atoms with E-state index in [1.165, 1.54) is 0 Å². The molecule has 0 heterocycles. The summed E-state index contributed by atoms with van der Waals surface area (Å²) in [5.41, 5.74) is 0. The first-order chi connectivity index (χ1) is 1.00. The van der Waals surface area contributed by atoms with Crippen molar-refractivity contribution in [1.82, 2.24) is 0 Å². The fourth-order valence-corrected chi connectivity index (χ4v) is 0. The van der Waals surface area contributed by atoms with Crippen LogP contribution in [0.15, 0.2) is 0 Å². The van der Waals surface area contributed by atoms with Gasteiger partial charge in [0, 0.05) is 0 Å². The molecular formula is AlCo2Li2MnNi2O2+11. The van der Waals surface area contributed by atoms with E-state index in [-0.39, 0.29) is 127 Å². The molecule has 0 spiro atoms. The van der Waals surface area contributed by atoms with Gasteiger partial charge in [-0.2, -0.15) is 0 Å². The van der Waals surface area contributed by atoms with Crippen LogP contribution in [-0.2, 0) is 91.8 Å². The van der Waals surface area contributed by atoms with Crippen molar-refractivity contribution >= 4 is 17.4 Å². The molecule has 0 rings (SSSR count). The molecule has 0 unspecified atom stereocenters. The molecule has 10 heteroatoms. The molecule has 0 amide bonds. The van der Waals surface area contributed by atoms with Gasteiger partial charge in [-0.3, -0.25) is 0 Å². The zero-order valence-corrected chi connectivity index (χ0v) is 11.5. The van der Waals surface area contributed by atoms with Crippen molar-refractivity contribution in [1.29, 1.82) is 0 Å². The zero-order chi connectivity index (χ0) is 2.00. The van der Waals surface area contributed by atoms with Crippen LogP contribution in [0.25, 0.3) is 0 Å². The van der Waals surface area contributed by atoms with Gasteiger partial charge in [-0.25, -0.2) is 0 Å². The maximum absolute atomic E-state index is 7.94. The third-order valence-electron chi connectivity index (χ3n) is 0. The van der Waals surface area contributed by atoms with Crippen molar-refractivity contribution in [3.05, 3.63) is 0 Å². The van der Waals surface area contributed by atoms with Crippen LogP contribution in [0.3, 0.4) is 0 Å². The Hall–Kier alpha value is 4.01. The summed E-state index contributed by atoms with van der Waals surface area (Å²) in [7, 11) is 0. The van der Waals surface area contributed by atoms with E-state index in [9.17, 15) is 0 Å². The molecule has 2 nitrogen and oxygen atoms in total. The van der Waals surface area contributed by atoms with Crippen LogP contribution in [0.5, 0.6) is 0 Å². The van der Waals surface area contributed by atoms with Gasteiger partial charge in [0.25, 0.3) is 0 Å². The first-order valence-electron chi connectivity index (χ1n) is 0.136. The van der Waals surface area contributed by atoms with Crippen molar-refractivity contribution in [2.24, 2.45) is 0 Å². The predicted molar refractivity (Wildman–Crippen MR) is 7.13 cm³/mol. The van der Waals surface area contributed by atoms with E-state index in [4.69, 9.17) is 3.87 Å². The van der Waals surface area contributed by atoms with E-state index in [0.717, 1.165) is 0 Å². The van der Waals surface area contributed by atoms with Crippen molar-refractivity contribution < 1.29 is 130 Å². The van der Waals surface area contributed by atoms with Crippen molar-refractivity contribution in [2.45, 2.75) is 0 Å². The quantitative estimate of drug-likeness (QED) is 0.395. The van der Waals surface area contributed by atoms with Gasteiger partial charge >= 0.3 is 141 Å². The second kappa shape index (κ2) is 117. The molecule has 0 atom stereocenters. The molecule has 0 aromatic carbocycles. The van der Waals surface area contributed by atoms with Crippen LogP contribution in [0, 0.1) is 0 Å². The molecule has 0 aliphatic rings. The molecule has 0 saturated carbocycles. The van der Waals surface area contributed by atoms with Crippen LogP contribution in [0.2, 0.25) is 0 Å². The van der Waals surface area contributed by atoms with Gasteiger partial charge in [0.15, 0.2) is 0 Å². The van der Waals surface area contributed by atoms with Crippen LogP contribution in [0.4, 0.5) is 0 Å². The number of hydrogen-bond donors (Lipinski definition) is 0. The Morgan fingerprint density at radius 1 is 0.900 bits per heavy atom. The summed E-state index contributed by atoms with van der Waals surface area (Å²) < 4.78 is 7.94. The van der Waals surface area contributed by atoms with E-state index in [2.05, 4.69) is 15.7 Å². The molecule has 0 saturated heterocycles. The van der Waals surface area contributed by atoms with Crippen LogP contribution in [0.1, 0.15) is 0 Å². The standard InChI is InChI=1S/Al.2Co.2Li.Mn.2Ni.2O/q+3;;+2;2*+1;3*+2;;-2. The molecule has 0 aromatic rings. The third kappa shape index (κ3) is 90.6. The SMILES string of the molecule is [Al+3].[Co+2].[Li+].[Li+].[Mn+2].[Ni+2].[Ni+2].[O-2].[O]=[Co]. The molecule has 10 heavy (non-hydrogen) atoms. The fraction of sp³-hybridized carbons (Fsp3) is 0. The average Bonchev–Trinajstić information content (AvgIpc) is 1.00. The van der Waals surface area contributed by atoms with Crippen LogP contribution in [-0.4, -0.2) is 17.4 Å². The van der Waals surface area contributed by atoms with Crippen LogP contribution < -0.4 is 37.7 Å². The van der Waals surface area contributed by atoms with E-state index in [0.29, 0.717) is 0 Å². The van der Waals surface area contributed by atoms with E-state index >= 15 is 0 Å². The minimum atomic E-state index is 0. The first kappa shape index (κ1) is 94.5. The molecular weight excluding hydrogens is 363 g/mol. The fourth-order valence-electron chi connectivity index (χ4n) is 0. The Morgan fingerprint density at radius 3 is 0.900 bits per heavy atom. The summed E-state index contributed by atoms with van der Waals surface area (Å²) in [6.45, 7) is 0. The number of hydrogen-bond acceptors (Lipinski definition) is 1. The summed E-state index contributed by atoms with van der Waals surface area (Å²) in [4.78, 5) is 0. The van der Waals surface area contributed by atoms with Gasteiger partial charge in [-0.05, 0) is 0 Å². The Morgan fingerprint density at radius 2 is 0.900 bits per heavy atom. The molecule has 0 bridgehead atoms. The first-order valence-corrected chi connectivity index (χ1v) is 0.561. The summed E-state index contributed by atoms with van der Waals surface area (Å²) in [5, 5.41) is 0. The minimum absolute atomic E-state index is 0. The average molecular weight is 363 g/mol. The number of rotatable bonds is 0. The second-order valence-electron chi connectivity index (χ2n) is 0.